The van der Waals surface area contributed by atoms with E-state index in [0.717, 1.165) is 27.4 Å². The Morgan fingerprint density at radius 1 is 0.750 bits per heavy atom. The van der Waals surface area contributed by atoms with Crippen LogP contribution in [-0.2, 0) is 16.0 Å². The molecule has 0 saturated heterocycles. The standard InChI is InChI=1S/C23H22N2O2S/c1-17-7-9-19(10-8-17)25-23(27)16-28-21-13-11-20(12-14-21)24-22(26)15-18-5-3-2-4-6-18/h2-14H,15-16H2,1H3,(H,24,26)(H,25,27). The summed E-state index contributed by atoms with van der Waals surface area (Å²) >= 11 is 1.46. The van der Waals surface area contributed by atoms with Gasteiger partial charge in [0.25, 0.3) is 0 Å². The second-order valence-corrected chi connectivity index (χ2v) is 7.49. The number of carbonyl (C=O) groups excluding carboxylic acids is 2. The Hall–Kier alpha value is -3.05. The molecule has 0 aliphatic heterocycles. The average molecular weight is 391 g/mol. The third-order valence-corrected chi connectivity index (χ3v) is 5.06. The molecular formula is C23H22N2O2S. The Kier molecular flexibility index (Phi) is 6.87. The zero-order valence-electron chi connectivity index (χ0n) is 15.6. The Bertz CT molecular complexity index is 923. The van der Waals surface area contributed by atoms with Gasteiger partial charge < -0.3 is 10.6 Å². The minimum Gasteiger partial charge on any atom is -0.326 e. The van der Waals surface area contributed by atoms with Gasteiger partial charge in [-0.15, -0.1) is 11.8 Å². The lowest BCUT2D eigenvalue weighted by Gasteiger charge is -2.08. The molecule has 0 aliphatic rings. The summed E-state index contributed by atoms with van der Waals surface area (Å²) in [4.78, 5) is 25.1. The van der Waals surface area contributed by atoms with Crippen molar-refractivity contribution in [2.75, 3.05) is 16.4 Å². The fourth-order valence-electron chi connectivity index (χ4n) is 2.60. The van der Waals surface area contributed by atoms with Gasteiger partial charge in [0.05, 0.1) is 12.2 Å². The number of nitrogens with one attached hydrogen (secondary N) is 2. The predicted octanol–water partition coefficient (Wildman–Crippen LogP) is 4.91. The van der Waals surface area contributed by atoms with Gasteiger partial charge in [-0.2, -0.15) is 0 Å². The number of hydrogen-bond donors (Lipinski definition) is 2. The number of anilines is 2. The van der Waals surface area contributed by atoms with E-state index < -0.39 is 0 Å². The van der Waals surface area contributed by atoms with Crippen LogP contribution in [0.2, 0.25) is 0 Å². The quantitative estimate of drug-likeness (QED) is 0.564. The van der Waals surface area contributed by atoms with Crippen LogP contribution in [0, 0.1) is 6.92 Å². The summed E-state index contributed by atoms with van der Waals surface area (Å²) in [6, 6.07) is 24.9. The molecule has 0 fully saturated rings. The first-order valence-corrected chi connectivity index (χ1v) is 10.0. The van der Waals surface area contributed by atoms with Crippen molar-refractivity contribution in [1.29, 1.82) is 0 Å². The third kappa shape index (κ3) is 6.28. The van der Waals surface area contributed by atoms with E-state index in [1.165, 1.54) is 11.8 Å². The Balaban J connectivity index is 1.45. The normalized spacial score (nSPS) is 10.3. The molecule has 0 unspecified atom stereocenters. The first kappa shape index (κ1) is 19.7. The number of benzene rings is 3. The first-order chi connectivity index (χ1) is 13.6. The number of amides is 2. The van der Waals surface area contributed by atoms with E-state index >= 15 is 0 Å². The fourth-order valence-corrected chi connectivity index (χ4v) is 3.30. The number of aryl methyl sites for hydroxylation is 1. The zero-order valence-corrected chi connectivity index (χ0v) is 16.5. The molecule has 4 nitrogen and oxygen atoms in total. The molecule has 3 aromatic rings. The monoisotopic (exact) mass is 390 g/mol. The molecule has 5 heteroatoms. The van der Waals surface area contributed by atoms with Crippen LogP contribution in [0.5, 0.6) is 0 Å². The minimum atomic E-state index is -0.0518. The molecule has 0 bridgehead atoms. The molecule has 0 atom stereocenters. The van der Waals surface area contributed by atoms with Crippen molar-refractivity contribution in [3.8, 4) is 0 Å². The number of thioether (sulfide) groups is 1. The van der Waals surface area contributed by atoms with Gasteiger partial charge in [-0.05, 0) is 48.9 Å². The van der Waals surface area contributed by atoms with Gasteiger partial charge in [-0.1, -0.05) is 48.0 Å². The first-order valence-electron chi connectivity index (χ1n) is 9.02. The van der Waals surface area contributed by atoms with Gasteiger partial charge in [0.1, 0.15) is 0 Å². The summed E-state index contributed by atoms with van der Waals surface area (Å²) in [6.45, 7) is 2.01. The van der Waals surface area contributed by atoms with E-state index in [-0.39, 0.29) is 11.8 Å². The van der Waals surface area contributed by atoms with E-state index in [1.54, 1.807) is 0 Å². The Labute approximate surface area is 169 Å². The van der Waals surface area contributed by atoms with Gasteiger partial charge in [-0.25, -0.2) is 0 Å². The molecular weight excluding hydrogens is 368 g/mol. The summed E-state index contributed by atoms with van der Waals surface area (Å²) in [5, 5.41) is 5.78. The Morgan fingerprint density at radius 2 is 1.32 bits per heavy atom. The molecule has 142 valence electrons. The van der Waals surface area contributed by atoms with Crippen molar-refractivity contribution in [2.45, 2.75) is 18.2 Å². The van der Waals surface area contributed by atoms with Gasteiger partial charge >= 0.3 is 0 Å². The highest BCUT2D eigenvalue weighted by Crippen LogP contribution is 2.21. The molecule has 0 heterocycles. The van der Waals surface area contributed by atoms with Crippen LogP contribution in [0.4, 0.5) is 11.4 Å². The maximum absolute atomic E-state index is 12.1. The Morgan fingerprint density at radius 3 is 1.96 bits per heavy atom. The lowest BCUT2D eigenvalue weighted by Crippen LogP contribution is -2.14. The van der Waals surface area contributed by atoms with Crippen LogP contribution >= 0.6 is 11.8 Å². The van der Waals surface area contributed by atoms with E-state index in [9.17, 15) is 9.59 Å². The van der Waals surface area contributed by atoms with Gasteiger partial charge in [0.15, 0.2) is 0 Å². The van der Waals surface area contributed by atoms with Crippen LogP contribution in [0.3, 0.4) is 0 Å². The summed E-state index contributed by atoms with van der Waals surface area (Å²) in [5.74, 6) is 0.228. The van der Waals surface area contributed by atoms with Crippen molar-refractivity contribution < 1.29 is 9.59 Å². The average Bonchev–Trinajstić information content (AvgIpc) is 2.70. The van der Waals surface area contributed by atoms with E-state index in [2.05, 4.69) is 10.6 Å². The molecule has 0 radical (unpaired) electrons. The number of rotatable bonds is 7. The van der Waals surface area contributed by atoms with Crippen LogP contribution in [0.1, 0.15) is 11.1 Å². The van der Waals surface area contributed by atoms with Crippen molar-refractivity contribution >= 4 is 35.0 Å². The summed E-state index contributed by atoms with van der Waals surface area (Å²) in [6.07, 6.45) is 0.344. The molecule has 0 saturated carbocycles. The molecule has 0 aromatic heterocycles. The SMILES string of the molecule is Cc1ccc(NC(=O)CSc2ccc(NC(=O)Cc3ccccc3)cc2)cc1. The molecule has 0 aliphatic carbocycles. The highest BCUT2D eigenvalue weighted by Gasteiger charge is 2.06. The highest BCUT2D eigenvalue weighted by molar-refractivity contribution is 8.00. The lowest BCUT2D eigenvalue weighted by molar-refractivity contribution is -0.115. The van der Waals surface area contributed by atoms with Crippen LogP contribution in [0.25, 0.3) is 0 Å². The summed E-state index contributed by atoms with van der Waals surface area (Å²) in [5.41, 5.74) is 3.68. The largest absolute Gasteiger partial charge is 0.326 e. The number of hydrogen-bond acceptors (Lipinski definition) is 3. The van der Waals surface area contributed by atoms with Gasteiger partial charge in [0, 0.05) is 16.3 Å². The van der Waals surface area contributed by atoms with Gasteiger partial charge in [-0.3, -0.25) is 9.59 Å². The van der Waals surface area contributed by atoms with Crippen molar-refractivity contribution in [3.63, 3.8) is 0 Å². The maximum Gasteiger partial charge on any atom is 0.234 e. The number of carbonyl (C=O) groups is 2. The van der Waals surface area contributed by atoms with Crippen molar-refractivity contribution in [2.24, 2.45) is 0 Å². The molecule has 3 rings (SSSR count). The predicted molar refractivity (Wildman–Crippen MR) is 116 cm³/mol. The van der Waals surface area contributed by atoms with Crippen LogP contribution < -0.4 is 10.6 Å². The second-order valence-electron chi connectivity index (χ2n) is 6.44. The lowest BCUT2D eigenvalue weighted by atomic mass is 10.1. The second kappa shape index (κ2) is 9.76. The highest BCUT2D eigenvalue weighted by atomic mass is 32.2. The molecule has 3 aromatic carbocycles. The van der Waals surface area contributed by atoms with E-state index in [0.29, 0.717) is 12.2 Å². The topological polar surface area (TPSA) is 58.2 Å². The zero-order chi connectivity index (χ0) is 19.8. The van der Waals surface area contributed by atoms with Gasteiger partial charge in [0.2, 0.25) is 11.8 Å². The summed E-state index contributed by atoms with van der Waals surface area (Å²) < 4.78 is 0. The van der Waals surface area contributed by atoms with Crippen molar-refractivity contribution in [3.05, 3.63) is 90.0 Å². The molecule has 28 heavy (non-hydrogen) atoms. The van der Waals surface area contributed by atoms with Crippen LogP contribution in [-0.4, -0.2) is 17.6 Å². The fraction of sp³-hybridized carbons (Fsp3) is 0.130. The summed E-state index contributed by atoms with van der Waals surface area (Å²) in [7, 11) is 0. The maximum atomic E-state index is 12.1. The molecule has 2 amide bonds. The third-order valence-electron chi connectivity index (χ3n) is 4.05. The molecule has 2 N–H and O–H groups in total. The van der Waals surface area contributed by atoms with Crippen LogP contribution in [0.15, 0.2) is 83.8 Å². The molecule has 0 spiro atoms. The minimum absolute atomic E-state index is 0.0471. The smallest absolute Gasteiger partial charge is 0.234 e. The van der Waals surface area contributed by atoms with E-state index in [4.69, 9.17) is 0 Å². The van der Waals surface area contributed by atoms with Crippen molar-refractivity contribution in [1.82, 2.24) is 0 Å². The van der Waals surface area contributed by atoms with E-state index in [1.807, 2.05) is 85.8 Å².